The van der Waals surface area contributed by atoms with Crippen molar-refractivity contribution < 1.29 is 14.6 Å². The number of rotatable bonds is 9. The van der Waals surface area contributed by atoms with E-state index in [0.29, 0.717) is 12.2 Å². The Balaban J connectivity index is 0.000000406. The van der Waals surface area contributed by atoms with Gasteiger partial charge < -0.3 is 20.9 Å². The smallest absolute Gasteiger partial charge is 0.220 e. The van der Waals surface area contributed by atoms with Crippen molar-refractivity contribution in [3.05, 3.63) is 0 Å². The Morgan fingerprint density at radius 2 is 2.18 bits per heavy atom. The van der Waals surface area contributed by atoms with Gasteiger partial charge >= 0.3 is 0 Å². The minimum atomic E-state index is 0.0951. The third-order valence-electron chi connectivity index (χ3n) is 3.80. The number of carbonyl (C=O) groups is 1. The monoisotopic (exact) mass is 334 g/mol. The summed E-state index contributed by atoms with van der Waals surface area (Å²) in [5.74, 6) is 1.50. The molecule has 6 heteroatoms. The maximum atomic E-state index is 10.9. The second-order valence-electron chi connectivity index (χ2n) is 5.65. The van der Waals surface area contributed by atoms with Crippen molar-refractivity contribution in [1.29, 1.82) is 0 Å². The Bertz CT molecular complexity index is 258. The van der Waals surface area contributed by atoms with Gasteiger partial charge in [0.15, 0.2) is 0 Å². The lowest BCUT2D eigenvalue weighted by Gasteiger charge is -2.27. The number of aliphatic hydroxyl groups is 1. The molecule has 0 aromatic rings. The average Bonchev–Trinajstić information content (AvgIpc) is 2.55. The predicted octanol–water partition coefficient (Wildman–Crippen LogP) is 1.74. The summed E-state index contributed by atoms with van der Waals surface area (Å²) >= 11 is 3.96. The molecule has 5 nitrogen and oxygen atoms in total. The molecule has 0 saturated carbocycles. The molecule has 1 aliphatic heterocycles. The fourth-order valence-corrected chi connectivity index (χ4v) is 2.52. The van der Waals surface area contributed by atoms with Crippen LogP contribution in [0.15, 0.2) is 0 Å². The number of amides is 1. The van der Waals surface area contributed by atoms with Crippen LogP contribution in [0.25, 0.3) is 0 Å². The molecule has 1 heterocycles. The normalized spacial score (nSPS) is 20.9. The van der Waals surface area contributed by atoms with Crippen LogP contribution in [0.4, 0.5) is 0 Å². The molecular formula is C16H34N2O3S. The van der Waals surface area contributed by atoms with Gasteiger partial charge in [-0.3, -0.25) is 4.79 Å². The van der Waals surface area contributed by atoms with Crippen molar-refractivity contribution in [2.75, 3.05) is 32.1 Å². The van der Waals surface area contributed by atoms with Gasteiger partial charge in [0.05, 0.1) is 12.7 Å². The molecule has 0 bridgehead atoms. The maximum Gasteiger partial charge on any atom is 0.220 e. The molecule has 0 aliphatic carbocycles. The summed E-state index contributed by atoms with van der Waals surface area (Å²) in [4.78, 5) is 10.9. The minimum Gasteiger partial charge on any atom is -0.394 e. The van der Waals surface area contributed by atoms with Crippen LogP contribution in [0.3, 0.4) is 0 Å². The minimum absolute atomic E-state index is 0.0951. The first-order valence-corrected chi connectivity index (χ1v) is 9.11. The highest BCUT2D eigenvalue weighted by Gasteiger charge is 2.19. The molecule has 0 aromatic heterocycles. The van der Waals surface area contributed by atoms with Gasteiger partial charge in [-0.05, 0) is 43.9 Å². The summed E-state index contributed by atoms with van der Waals surface area (Å²) in [5.41, 5.74) is 5.32. The van der Waals surface area contributed by atoms with E-state index in [1.165, 1.54) is 12.8 Å². The number of aliphatic hydroxyl groups excluding tert-OH is 1. The van der Waals surface area contributed by atoms with Crippen molar-refractivity contribution >= 4 is 18.5 Å². The first-order chi connectivity index (χ1) is 10.7. The number of nitrogens with two attached hydrogens (primary N) is 1. The zero-order valence-electron chi connectivity index (χ0n) is 13.9. The third kappa shape index (κ3) is 12.3. The molecule has 1 fully saturated rings. The second kappa shape index (κ2) is 15.6. The maximum absolute atomic E-state index is 10.9. The number of nitrogens with one attached hydrogen (secondary N) is 1. The molecule has 1 aliphatic rings. The molecule has 22 heavy (non-hydrogen) atoms. The molecule has 132 valence electrons. The Hall–Kier alpha value is -0.300. The van der Waals surface area contributed by atoms with Crippen molar-refractivity contribution in [2.45, 2.75) is 58.0 Å². The van der Waals surface area contributed by atoms with Crippen LogP contribution in [0.2, 0.25) is 0 Å². The van der Waals surface area contributed by atoms with Crippen LogP contribution in [0.1, 0.15) is 51.9 Å². The molecule has 1 saturated heterocycles. The van der Waals surface area contributed by atoms with Gasteiger partial charge in [-0.1, -0.05) is 19.8 Å². The largest absolute Gasteiger partial charge is 0.394 e. The van der Waals surface area contributed by atoms with Gasteiger partial charge in [0.1, 0.15) is 0 Å². The van der Waals surface area contributed by atoms with E-state index in [1.807, 2.05) is 0 Å². The summed E-state index contributed by atoms with van der Waals surface area (Å²) in [7, 11) is 0. The van der Waals surface area contributed by atoms with E-state index in [4.69, 9.17) is 15.6 Å². The third-order valence-corrected chi connectivity index (χ3v) is 4.02. The lowest BCUT2D eigenvalue weighted by molar-refractivity contribution is -0.120. The Labute approximate surface area is 140 Å². The van der Waals surface area contributed by atoms with Gasteiger partial charge in [-0.15, -0.1) is 0 Å². The van der Waals surface area contributed by atoms with E-state index in [1.54, 1.807) is 0 Å². The van der Waals surface area contributed by atoms with E-state index in [-0.39, 0.29) is 18.6 Å². The number of hydrogen-bond acceptors (Lipinski definition) is 5. The van der Waals surface area contributed by atoms with Crippen LogP contribution in [0, 0.1) is 5.92 Å². The first kappa shape index (κ1) is 21.7. The number of carbonyl (C=O) groups excluding carboxylic acids is 1. The van der Waals surface area contributed by atoms with Gasteiger partial charge in [-0.2, -0.15) is 12.6 Å². The SMILES string of the molecule is CCC1CCOC(CO)C1.NCCCCCNC(=O)CCS. The highest BCUT2D eigenvalue weighted by atomic mass is 32.1. The summed E-state index contributed by atoms with van der Waals surface area (Å²) in [6.07, 6.45) is 7.24. The average molecular weight is 335 g/mol. The lowest BCUT2D eigenvalue weighted by atomic mass is 9.94. The van der Waals surface area contributed by atoms with E-state index in [0.717, 1.165) is 51.3 Å². The van der Waals surface area contributed by atoms with Crippen molar-refractivity contribution in [1.82, 2.24) is 5.32 Å². The molecule has 0 radical (unpaired) electrons. The number of ether oxygens (including phenoxy) is 1. The molecule has 1 rings (SSSR count). The fourth-order valence-electron chi connectivity index (χ4n) is 2.32. The van der Waals surface area contributed by atoms with E-state index in [9.17, 15) is 4.79 Å². The summed E-state index contributed by atoms with van der Waals surface area (Å²) < 4.78 is 5.31. The summed E-state index contributed by atoms with van der Waals surface area (Å²) in [6, 6.07) is 0. The molecule has 0 spiro atoms. The van der Waals surface area contributed by atoms with Crippen LogP contribution in [-0.2, 0) is 9.53 Å². The molecular weight excluding hydrogens is 300 g/mol. The highest BCUT2D eigenvalue weighted by Crippen LogP contribution is 2.22. The predicted molar refractivity (Wildman–Crippen MR) is 94.2 cm³/mol. The van der Waals surface area contributed by atoms with E-state index >= 15 is 0 Å². The molecule has 4 N–H and O–H groups in total. The van der Waals surface area contributed by atoms with Gasteiger partial charge in [0.2, 0.25) is 5.91 Å². The van der Waals surface area contributed by atoms with Crippen molar-refractivity contribution in [2.24, 2.45) is 11.7 Å². The number of thiol groups is 1. The zero-order valence-corrected chi connectivity index (χ0v) is 14.8. The highest BCUT2D eigenvalue weighted by molar-refractivity contribution is 7.80. The van der Waals surface area contributed by atoms with Crippen LogP contribution < -0.4 is 11.1 Å². The topological polar surface area (TPSA) is 84.6 Å². The first-order valence-electron chi connectivity index (χ1n) is 8.47. The Kier molecular flexibility index (Phi) is 15.4. The zero-order chi connectivity index (χ0) is 16.6. The Morgan fingerprint density at radius 1 is 1.41 bits per heavy atom. The van der Waals surface area contributed by atoms with Crippen molar-refractivity contribution in [3.63, 3.8) is 0 Å². The van der Waals surface area contributed by atoms with Gasteiger partial charge in [-0.25, -0.2) is 0 Å². The lowest BCUT2D eigenvalue weighted by Crippen LogP contribution is -2.28. The van der Waals surface area contributed by atoms with Crippen LogP contribution in [0.5, 0.6) is 0 Å². The summed E-state index contributed by atoms with van der Waals surface area (Å²) in [5, 5.41) is 11.6. The molecule has 0 aromatic carbocycles. The van der Waals surface area contributed by atoms with E-state index < -0.39 is 0 Å². The second-order valence-corrected chi connectivity index (χ2v) is 6.09. The van der Waals surface area contributed by atoms with Crippen LogP contribution in [-0.4, -0.2) is 49.2 Å². The molecule has 2 unspecified atom stereocenters. The fraction of sp³-hybridized carbons (Fsp3) is 0.938. The summed E-state index contributed by atoms with van der Waals surface area (Å²) in [6.45, 7) is 4.74. The number of unbranched alkanes of at least 4 members (excludes halogenated alkanes) is 2. The standard InChI is InChI=1S/C8H18N2OS.C8H16O2/c9-5-2-1-3-6-10-8(11)4-7-12;1-2-7-3-4-10-8(5-7)6-9/h12H,1-7,9H2,(H,10,11);7-9H,2-6H2,1H3. The van der Waals surface area contributed by atoms with Gasteiger partial charge in [0.25, 0.3) is 0 Å². The molecule has 1 amide bonds. The number of hydrogen-bond donors (Lipinski definition) is 4. The van der Waals surface area contributed by atoms with E-state index in [2.05, 4.69) is 24.9 Å². The quantitative estimate of drug-likeness (QED) is 0.382. The van der Waals surface area contributed by atoms with Crippen molar-refractivity contribution in [3.8, 4) is 0 Å². The molecule has 2 atom stereocenters. The van der Waals surface area contributed by atoms with Gasteiger partial charge in [0, 0.05) is 19.6 Å². The van der Waals surface area contributed by atoms with Crippen LogP contribution >= 0.6 is 12.6 Å². The Morgan fingerprint density at radius 3 is 2.77 bits per heavy atom.